The van der Waals surface area contributed by atoms with Crippen LogP contribution in [0.5, 0.6) is 5.75 Å². The fourth-order valence-electron chi connectivity index (χ4n) is 2.84. The Bertz CT molecular complexity index is 1060. The number of ether oxygens (including phenoxy) is 1. The molecule has 0 radical (unpaired) electrons. The van der Waals surface area contributed by atoms with E-state index in [1.54, 1.807) is 0 Å². The van der Waals surface area contributed by atoms with E-state index in [4.69, 9.17) is 4.74 Å². The average Bonchev–Trinajstić information content (AvgIpc) is 2.68. The lowest BCUT2D eigenvalue weighted by Crippen LogP contribution is -2.31. The van der Waals surface area contributed by atoms with Gasteiger partial charge in [-0.05, 0) is 55.2 Å². The maximum atomic E-state index is 12.3. The van der Waals surface area contributed by atoms with Gasteiger partial charge in [0.15, 0.2) is 6.61 Å². The predicted molar refractivity (Wildman–Crippen MR) is 137 cm³/mol. The zero-order valence-corrected chi connectivity index (χ0v) is 21.9. The second-order valence-corrected chi connectivity index (χ2v) is 12.9. The molecule has 0 heterocycles. The van der Waals surface area contributed by atoms with Crippen molar-refractivity contribution >= 4 is 34.4 Å². The summed E-state index contributed by atoms with van der Waals surface area (Å²) >= 11 is 0. The Morgan fingerprint density at radius 1 is 1.09 bits per heavy atom. The molecule has 2 N–H and O–H groups in total. The van der Waals surface area contributed by atoms with Crippen LogP contribution in [0.2, 0.25) is 0 Å². The molecule has 32 heavy (non-hydrogen) atoms. The van der Waals surface area contributed by atoms with Gasteiger partial charge in [0.1, 0.15) is 5.75 Å². The van der Waals surface area contributed by atoms with Crippen LogP contribution in [-0.4, -0.2) is 27.5 Å². The lowest BCUT2D eigenvalue weighted by atomic mass is 10.1. The number of sulfonamides is 1. The molecule has 6 nitrogen and oxygen atoms in total. The molecular formula is C23H32N2O4P2S. The normalized spacial score (nSPS) is 11.8. The molecule has 2 aromatic rings. The molecule has 0 fully saturated rings. The van der Waals surface area contributed by atoms with Gasteiger partial charge < -0.3 is 10.1 Å². The number of carbonyl (C=O) groups excluding carboxylic acids is 1. The monoisotopic (exact) mass is 494 g/mol. The van der Waals surface area contributed by atoms with Crippen LogP contribution in [0.25, 0.3) is 0 Å². The topological polar surface area (TPSA) is 84.5 Å². The summed E-state index contributed by atoms with van der Waals surface area (Å²) in [4.78, 5) is 11.9. The molecule has 174 valence electrons. The Morgan fingerprint density at radius 3 is 2.34 bits per heavy atom. The van der Waals surface area contributed by atoms with Crippen LogP contribution in [-0.2, 0) is 25.5 Å². The minimum atomic E-state index is -3.50. The molecule has 1 amide bonds. The second kappa shape index (κ2) is 11.4. The first-order valence-electron chi connectivity index (χ1n) is 10.2. The van der Waals surface area contributed by atoms with Gasteiger partial charge in [-0.3, -0.25) is 4.79 Å². The van der Waals surface area contributed by atoms with Crippen LogP contribution < -0.4 is 14.8 Å². The van der Waals surface area contributed by atoms with Crippen molar-refractivity contribution < 1.29 is 17.9 Å². The number of hydrogen-bond acceptors (Lipinski definition) is 4. The van der Waals surface area contributed by atoms with Gasteiger partial charge in [0.25, 0.3) is 5.91 Å². The van der Waals surface area contributed by atoms with Gasteiger partial charge >= 0.3 is 0 Å². The Balaban J connectivity index is 1.73. The molecule has 2 atom stereocenters. The predicted octanol–water partition coefficient (Wildman–Crippen LogP) is 3.74. The van der Waals surface area contributed by atoms with Gasteiger partial charge in [-0.25, -0.2) is 13.1 Å². The van der Waals surface area contributed by atoms with Gasteiger partial charge in [-0.15, -0.1) is 18.5 Å². The highest BCUT2D eigenvalue weighted by Gasteiger charge is 2.16. The molecule has 0 aliphatic carbocycles. The first kappa shape index (κ1) is 26.5. The summed E-state index contributed by atoms with van der Waals surface area (Å²) in [7, 11) is 1.96. The van der Waals surface area contributed by atoms with Crippen molar-refractivity contribution in [1.29, 1.82) is 0 Å². The zero-order chi connectivity index (χ0) is 23.9. The van der Waals surface area contributed by atoms with Gasteiger partial charge in [0.05, 0.1) is 5.75 Å². The van der Waals surface area contributed by atoms with Crippen LogP contribution in [0.1, 0.15) is 35.6 Å². The molecule has 0 aliphatic heterocycles. The number of aryl methyl sites for hydroxylation is 2. The first-order valence-corrected chi connectivity index (χ1v) is 13.0. The number of hydrogen-bond donors (Lipinski definition) is 2. The summed E-state index contributed by atoms with van der Waals surface area (Å²) in [6, 6.07) is 13.1. The molecular weight excluding hydrogens is 462 g/mol. The third-order valence-corrected chi connectivity index (χ3v) is 6.87. The van der Waals surface area contributed by atoms with E-state index in [0.29, 0.717) is 17.0 Å². The Kier molecular flexibility index (Phi) is 9.41. The summed E-state index contributed by atoms with van der Waals surface area (Å²) in [5.41, 5.74) is 4.44. The number of benzene rings is 2. The summed E-state index contributed by atoms with van der Waals surface area (Å²) in [5.74, 6) is 0.168. The van der Waals surface area contributed by atoms with E-state index in [0.717, 1.165) is 16.7 Å². The van der Waals surface area contributed by atoms with Crippen LogP contribution in [0.3, 0.4) is 0 Å². The van der Waals surface area contributed by atoms with E-state index >= 15 is 0 Å². The van der Waals surface area contributed by atoms with Crippen molar-refractivity contribution in [3.63, 3.8) is 0 Å². The molecule has 0 bridgehead atoms. The van der Waals surface area contributed by atoms with Crippen molar-refractivity contribution in [2.75, 3.05) is 13.2 Å². The quantitative estimate of drug-likeness (QED) is 0.466. The Labute approximate surface area is 196 Å². The smallest absolute Gasteiger partial charge is 0.262 e. The highest BCUT2D eigenvalue weighted by Crippen LogP contribution is 2.37. The average molecular weight is 495 g/mol. The molecule has 0 spiro atoms. The van der Waals surface area contributed by atoms with Crippen molar-refractivity contribution in [3.05, 3.63) is 77.0 Å². The molecule has 0 aromatic heterocycles. The van der Waals surface area contributed by atoms with Crippen LogP contribution in [0, 0.1) is 13.8 Å². The maximum Gasteiger partial charge on any atom is 0.262 e. The van der Waals surface area contributed by atoms with Crippen molar-refractivity contribution in [3.8, 4) is 5.75 Å². The summed E-state index contributed by atoms with van der Waals surface area (Å²) < 4.78 is 32.7. The Morgan fingerprint density at radius 2 is 1.75 bits per heavy atom. The lowest BCUT2D eigenvalue weighted by molar-refractivity contribution is -0.122. The van der Waals surface area contributed by atoms with E-state index < -0.39 is 10.0 Å². The van der Waals surface area contributed by atoms with Gasteiger partial charge in [0, 0.05) is 23.6 Å². The molecule has 2 aromatic carbocycles. The first-order chi connectivity index (χ1) is 14.9. The molecule has 9 heteroatoms. The number of carbonyl (C=O) groups is 1. The Hall–Kier alpha value is -1.78. The van der Waals surface area contributed by atoms with E-state index in [9.17, 15) is 13.2 Å². The largest absolute Gasteiger partial charge is 0.484 e. The fraction of sp³-hybridized carbons (Fsp3) is 0.348. The maximum absolute atomic E-state index is 12.3. The fourth-order valence-corrected chi connectivity index (χ4v) is 4.37. The van der Waals surface area contributed by atoms with E-state index in [-0.39, 0.29) is 36.1 Å². The third kappa shape index (κ3) is 8.99. The molecule has 2 unspecified atom stereocenters. The number of amides is 1. The third-order valence-electron chi connectivity index (χ3n) is 4.85. The highest BCUT2D eigenvalue weighted by molar-refractivity contribution is 7.88. The van der Waals surface area contributed by atoms with E-state index in [1.807, 2.05) is 63.2 Å². The lowest BCUT2D eigenvalue weighted by Gasteiger charge is -2.18. The number of rotatable bonds is 11. The SMILES string of the molecule is C=C(CCNS(=O)(=O)Cc1ccc(C(C)(P)P)cc1)NC(=O)COc1ccc(C)c(C)c1. The van der Waals surface area contributed by atoms with Crippen molar-refractivity contribution in [1.82, 2.24) is 10.0 Å². The van der Waals surface area contributed by atoms with Crippen LogP contribution in [0.4, 0.5) is 0 Å². The van der Waals surface area contributed by atoms with Gasteiger partial charge in [-0.2, -0.15) is 0 Å². The molecule has 0 aliphatic rings. The van der Waals surface area contributed by atoms with E-state index in [1.165, 1.54) is 0 Å². The van der Waals surface area contributed by atoms with Crippen LogP contribution in [0.15, 0.2) is 54.7 Å². The van der Waals surface area contributed by atoms with Crippen LogP contribution >= 0.6 is 18.5 Å². The van der Waals surface area contributed by atoms with Gasteiger partial charge in [-0.1, -0.05) is 36.9 Å². The summed E-state index contributed by atoms with van der Waals surface area (Å²) in [6.45, 7) is 9.81. The summed E-state index contributed by atoms with van der Waals surface area (Å²) in [5, 5.41) is 2.64. The summed E-state index contributed by atoms with van der Waals surface area (Å²) in [6.07, 6.45) is 0.284. The highest BCUT2D eigenvalue weighted by atomic mass is 32.2. The molecule has 2 rings (SSSR count). The molecule has 0 saturated heterocycles. The minimum Gasteiger partial charge on any atom is -0.484 e. The van der Waals surface area contributed by atoms with Crippen molar-refractivity contribution in [2.45, 2.75) is 37.8 Å². The molecule has 0 saturated carbocycles. The van der Waals surface area contributed by atoms with E-state index in [2.05, 4.69) is 35.1 Å². The standard InChI is InChI=1S/C23H32N2O4P2S/c1-16-5-10-21(13-17(16)2)29-14-22(26)25-18(3)11-12-24-32(27,28)15-19-6-8-20(9-7-19)23(4,30)31/h5-10,13,24H,3,11-12,14-15,30-31H2,1-2,4H3,(H,25,26). The second-order valence-electron chi connectivity index (χ2n) is 8.07. The number of nitrogens with one attached hydrogen (secondary N) is 2. The minimum absolute atomic E-state index is 0.111. The van der Waals surface area contributed by atoms with Gasteiger partial charge in [0.2, 0.25) is 10.0 Å². The zero-order valence-electron chi connectivity index (χ0n) is 18.8. The van der Waals surface area contributed by atoms with Crippen molar-refractivity contribution in [2.24, 2.45) is 0 Å².